The van der Waals surface area contributed by atoms with E-state index >= 15 is 0 Å². The Morgan fingerprint density at radius 1 is 0.949 bits per heavy atom. The molecule has 4 N–H and O–H groups in total. The molecule has 0 aliphatic rings. The predicted molar refractivity (Wildman–Crippen MR) is 144 cm³/mol. The van der Waals surface area contributed by atoms with Gasteiger partial charge in [-0.15, -0.1) is 13.2 Å². The molecular weight excluding hydrogens is 535 g/mol. The lowest BCUT2D eigenvalue weighted by Gasteiger charge is -2.12. The first kappa shape index (κ1) is 28.3. The van der Waals surface area contributed by atoms with Gasteiger partial charge in [-0.2, -0.15) is 0 Å². The molecule has 2 aromatic carbocycles. The minimum absolute atomic E-state index is 0.0852. The molecule has 0 unspecified atom stereocenters. The fourth-order valence-electron chi connectivity index (χ4n) is 4.10. The Hall–Kier alpha value is -3.67. The fourth-order valence-corrected chi connectivity index (χ4v) is 4.35. The van der Waals surface area contributed by atoms with Crippen molar-refractivity contribution >= 4 is 45.1 Å². The highest BCUT2D eigenvalue weighted by molar-refractivity contribution is 6.32. The van der Waals surface area contributed by atoms with Gasteiger partial charge in [-0.05, 0) is 61.8 Å². The maximum atomic E-state index is 12.3. The van der Waals surface area contributed by atoms with Gasteiger partial charge in [0.2, 0.25) is 0 Å². The van der Waals surface area contributed by atoms with Crippen LogP contribution in [-0.2, 0) is 6.54 Å². The number of halogens is 4. The highest BCUT2D eigenvalue weighted by Crippen LogP contribution is 2.31. The second-order valence-corrected chi connectivity index (χ2v) is 9.20. The number of carbonyl (C=O) groups is 1. The molecule has 0 spiro atoms. The third-order valence-corrected chi connectivity index (χ3v) is 6.24. The van der Waals surface area contributed by atoms with Crippen LogP contribution < -0.4 is 20.7 Å². The van der Waals surface area contributed by atoms with Crippen molar-refractivity contribution in [2.24, 2.45) is 0 Å². The largest absolute Gasteiger partial charge is 0.573 e. The second kappa shape index (κ2) is 12.9. The normalized spacial score (nSPS) is 11.7. The lowest BCUT2D eigenvalue weighted by Crippen LogP contribution is -2.24. The average Bonchev–Trinajstić information content (AvgIpc) is 2.90. The smallest absolute Gasteiger partial charge is 0.478 e. The molecule has 12 heteroatoms. The molecule has 0 saturated heterocycles. The van der Waals surface area contributed by atoms with Crippen LogP contribution in [0.25, 0.3) is 21.7 Å². The first-order valence-electron chi connectivity index (χ1n) is 12.3. The number of alkyl halides is 3. The molecule has 0 fully saturated rings. The van der Waals surface area contributed by atoms with Crippen molar-refractivity contribution < 1.29 is 27.8 Å². The Balaban J connectivity index is 1.17. The summed E-state index contributed by atoms with van der Waals surface area (Å²) in [6, 6.07) is 11.0. The van der Waals surface area contributed by atoms with E-state index in [9.17, 15) is 23.1 Å². The molecule has 39 heavy (non-hydrogen) atoms. The van der Waals surface area contributed by atoms with Gasteiger partial charge in [0.1, 0.15) is 11.6 Å². The van der Waals surface area contributed by atoms with Crippen LogP contribution in [0.15, 0.2) is 54.9 Å². The molecule has 0 amide bonds. The molecule has 8 nitrogen and oxygen atoms in total. The summed E-state index contributed by atoms with van der Waals surface area (Å²) in [5, 5.41) is 21.8. The number of nitrogens with one attached hydrogen (secondary N) is 3. The number of aromatic carboxylic acids is 1. The third-order valence-electron chi connectivity index (χ3n) is 5.95. The molecule has 0 aliphatic heterocycles. The Morgan fingerprint density at radius 3 is 2.49 bits per heavy atom. The van der Waals surface area contributed by atoms with Crippen LogP contribution in [0.3, 0.4) is 0 Å². The minimum Gasteiger partial charge on any atom is -0.478 e. The predicted octanol–water partition coefficient (Wildman–Crippen LogP) is 5.60. The number of ether oxygens (including phenoxy) is 1. The Morgan fingerprint density at radius 2 is 1.74 bits per heavy atom. The zero-order valence-corrected chi connectivity index (χ0v) is 21.6. The van der Waals surface area contributed by atoms with Crippen molar-refractivity contribution in [2.45, 2.75) is 25.7 Å². The van der Waals surface area contributed by atoms with Gasteiger partial charge < -0.3 is 25.8 Å². The van der Waals surface area contributed by atoms with Gasteiger partial charge in [-0.25, -0.2) is 9.78 Å². The summed E-state index contributed by atoms with van der Waals surface area (Å²) in [7, 11) is 0. The van der Waals surface area contributed by atoms with Gasteiger partial charge in [-0.3, -0.25) is 4.98 Å². The number of anilines is 1. The highest BCUT2D eigenvalue weighted by atomic mass is 35.5. The van der Waals surface area contributed by atoms with E-state index in [1.165, 1.54) is 12.1 Å². The molecule has 4 rings (SSSR count). The van der Waals surface area contributed by atoms with Crippen LogP contribution in [0, 0.1) is 0 Å². The number of fused-ring (bicyclic) bond motifs is 3. The zero-order chi connectivity index (χ0) is 27.8. The number of benzene rings is 2. The summed E-state index contributed by atoms with van der Waals surface area (Å²) < 4.78 is 40.9. The van der Waals surface area contributed by atoms with Crippen LogP contribution in [0.5, 0.6) is 5.75 Å². The summed E-state index contributed by atoms with van der Waals surface area (Å²) in [6.45, 7) is 3.38. The fraction of sp³-hybridized carbons (Fsp3) is 0.296. The highest BCUT2D eigenvalue weighted by Gasteiger charge is 2.32. The van der Waals surface area contributed by atoms with E-state index in [-0.39, 0.29) is 10.6 Å². The van der Waals surface area contributed by atoms with E-state index in [4.69, 9.17) is 11.6 Å². The van der Waals surface area contributed by atoms with Gasteiger partial charge in [0.25, 0.3) is 0 Å². The second-order valence-electron chi connectivity index (χ2n) is 8.79. The van der Waals surface area contributed by atoms with Crippen LogP contribution in [0.1, 0.15) is 28.8 Å². The first-order chi connectivity index (χ1) is 18.7. The molecule has 4 aromatic rings. The molecule has 0 aliphatic carbocycles. The Kier molecular flexibility index (Phi) is 9.39. The van der Waals surface area contributed by atoms with Gasteiger partial charge in [-0.1, -0.05) is 23.7 Å². The lowest BCUT2D eigenvalue weighted by atomic mass is 10.1. The van der Waals surface area contributed by atoms with Crippen molar-refractivity contribution in [3.05, 3.63) is 71.0 Å². The summed E-state index contributed by atoms with van der Waals surface area (Å²) in [4.78, 5) is 20.2. The maximum absolute atomic E-state index is 12.3. The van der Waals surface area contributed by atoms with Crippen molar-refractivity contribution in [3.8, 4) is 5.75 Å². The first-order valence-corrected chi connectivity index (χ1v) is 12.7. The SMILES string of the molecule is O=C(O)c1ccc2c(c1)nc(NCCNCCCCNCc1ccc(OC(F)(F)F)c(Cl)c1)c1ccncc12. The van der Waals surface area contributed by atoms with E-state index in [1.807, 2.05) is 6.07 Å². The average molecular weight is 562 g/mol. The number of unbranched alkanes of at least 4 members (excludes halogenated alkanes) is 1. The monoisotopic (exact) mass is 561 g/mol. The van der Waals surface area contributed by atoms with E-state index < -0.39 is 18.1 Å². The summed E-state index contributed by atoms with van der Waals surface area (Å²) in [6.07, 6.45) is 0.529. The maximum Gasteiger partial charge on any atom is 0.573 e. The Labute approximate surface area is 227 Å². The Bertz CT molecular complexity index is 1450. The van der Waals surface area contributed by atoms with Crippen LogP contribution >= 0.6 is 11.6 Å². The van der Waals surface area contributed by atoms with Crippen LogP contribution in [0.2, 0.25) is 5.02 Å². The van der Waals surface area contributed by atoms with Crippen molar-refractivity contribution in [3.63, 3.8) is 0 Å². The van der Waals surface area contributed by atoms with E-state index in [2.05, 4.69) is 30.7 Å². The zero-order valence-electron chi connectivity index (χ0n) is 20.8. The molecule has 2 aromatic heterocycles. The van der Waals surface area contributed by atoms with Gasteiger partial charge >= 0.3 is 12.3 Å². The van der Waals surface area contributed by atoms with Crippen LogP contribution in [0.4, 0.5) is 19.0 Å². The van der Waals surface area contributed by atoms with Crippen molar-refractivity contribution in [2.75, 3.05) is 31.5 Å². The van der Waals surface area contributed by atoms with Crippen molar-refractivity contribution in [1.82, 2.24) is 20.6 Å². The molecule has 0 saturated carbocycles. The summed E-state index contributed by atoms with van der Waals surface area (Å²) in [5.41, 5.74) is 1.53. The van der Waals surface area contributed by atoms with E-state index in [1.54, 1.807) is 36.7 Å². The number of carboxylic acids is 1. The summed E-state index contributed by atoms with van der Waals surface area (Å²) in [5.74, 6) is -0.745. The van der Waals surface area contributed by atoms with Gasteiger partial charge in [0.15, 0.2) is 0 Å². The van der Waals surface area contributed by atoms with E-state index in [0.717, 1.165) is 47.7 Å². The number of nitrogens with zero attached hydrogens (tertiary/aromatic N) is 2. The van der Waals surface area contributed by atoms with Gasteiger partial charge in [0.05, 0.1) is 16.1 Å². The summed E-state index contributed by atoms with van der Waals surface area (Å²) >= 11 is 5.88. The number of hydrogen-bond acceptors (Lipinski definition) is 7. The molecule has 0 atom stereocenters. The minimum atomic E-state index is -4.78. The molecule has 206 valence electrons. The lowest BCUT2D eigenvalue weighted by molar-refractivity contribution is -0.274. The van der Waals surface area contributed by atoms with Gasteiger partial charge in [0, 0.05) is 48.2 Å². The standard InChI is InChI=1S/C27H27ClF3N5O3/c28-22-13-17(3-6-24(22)39-27(29,30)31)15-33-9-2-1-8-32-11-12-35-25-20-7-10-34-16-21(20)19-5-4-18(26(37)38)14-23(19)36-25/h3-7,10,13-14,16,32-33H,1-2,8-9,11-12,15H2,(H,35,36)(H,37,38). The quantitative estimate of drug-likeness (QED) is 0.123. The number of rotatable bonds is 13. The van der Waals surface area contributed by atoms with Crippen LogP contribution in [-0.4, -0.2) is 53.6 Å². The molecular formula is C27H27ClF3N5O3. The number of pyridine rings is 2. The molecule has 0 radical (unpaired) electrons. The van der Waals surface area contributed by atoms with Crippen molar-refractivity contribution in [1.29, 1.82) is 0 Å². The number of hydrogen-bond donors (Lipinski definition) is 4. The number of aromatic nitrogens is 2. The third kappa shape index (κ3) is 7.92. The topological polar surface area (TPSA) is 108 Å². The molecule has 0 bridgehead atoms. The number of carboxylic acid groups (broad SMARTS) is 1. The molecule has 2 heterocycles. The van der Waals surface area contributed by atoms with E-state index in [0.29, 0.717) is 31.0 Å².